The first kappa shape index (κ1) is 10.0. The Balaban J connectivity index is 1.98. The fraction of sp³-hybridized carbons (Fsp3) is 1.00. The summed E-state index contributed by atoms with van der Waals surface area (Å²) in [4.78, 5) is 0. The van der Waals surface area contributed by atoms with E-state index in [1.54, 1.807) is 0 Å². The van der Waals surface area contributed by atoms with Gasteiger partial charge >= 0.3 is 0 Å². The van der Waals surface area contributed by atoms with E-state index < -0.39 is 6.29 Å². The molecule has 0 aromatic heterocycles. The van der Waals surface area contributed by atoms with E-state index in [4.69, 9.17) is 4.74 Å². The van der Waals surface area contributed by atoms with E-state index >= 15 is 0 Å². The van der Waals surface area contributed by atoms with Crippen LogP contribution in [0.25, 0.3) is 0 Å². The van der Waals surface area contributed by atoms with E-state index in [2.05, 4.69) is 6.92 Å². The fourth-order valence-electron chi connectivity index (χ4n) is 1.74. The standard InChI is InChI=1S/C10H20O2/c1-2-3-4-5-6-9-7-8-12-10(9)11/h9-11H,2-8H2,1H3. The number of rotatable bonds is 5. The van der Waals surface area contributed by atoms with Gasteiger partial charge in [0.1, 0.15) is 0 Å². The van der Waals surface area contributed by atoms with E-state index in [1.165, 1.54) is 25.7 Å². The molecule has 1 fully saturated rings. The van der Waals surface area contributed by atoms with E-state index in [-0.39, 0.29) is 0 Å². The zero-order valence-electron chi connectivity index (χ0n) is 7.96. The first-order valence-electron chi connectivity index (χ1n) is 5.14. The zero-order valence-corrected chi connectivity index (χ0v) is 7.96. The number of unbranched alkanes of at least 4 members (excludes halogenated alkanes) is 3. The van der Waals surface area contributed by atoms with Gasteiger partial charge in [0.25, 0.3) is 0 Å². The Labute approximate surface area is 74.9 Å². The van der Waals surface area contributed by atoms with Gasteiger partial charge in [-0.15, -0.1) is 0 Å². The van der Waals surface area contributed by atoms with Gasteiger partial charge in [0.15, 0.2) is 6.29 Å². The average Bonchev–Trinajstić information content (AvgIpc) is 2.46. The van der Waals surface area contributed by atoms with Gasteiger partial charge in [0, 0.05) is 5.92 Å². The maximum atomic E-state index is 9.32. The van der Waals surface area contributed by atoms with Crippen molar-refractivity contribution in [2.75, 3.05) is 6.61 Å². The number of aliphatic hydroxyl groups is 1. The molecule has 1 saturated heterocycles. The smallest absolute Gasteiger partial charge is 0.157 e. The van der Waals surface area contributed by atoms with Crippen molar-refractivity contribution in [3.63, 3.8) is 0 Å². The molecule has 2 atom stereocenters. The van der Waals surface area contributed by atoms with Gasteiger partial charge in [-0.2, -0.15) is 0 Å². The van der Waals surface area contributed by atoms with Crippen LogP contribution in [0, 0.1) is 5.92 Å². The lowest BCUT2D eigenvalue weighted by molar-refractivity contribution is -0.0836. The van der Waals surface area contributed by atoms with Crippen LogP contribution in [0.15, 0.2) is 0 Å². The molecule has 0 radical (unpaired) electrons. The minimum atomic E-state index is -0.466. The lowest BCUT2D eigenvalue weighted by Crippen LogP contribution is -2.14. The predicted octanol–water partition coefficient (Wildman–Crippen LogP) is 2.31. The highest BCUT2D eigenvalue weighted by Gasteiger charge is 2.24. The second kappa shape index (κ2) is 5.55. The third kappa shape index (κ3) is 3.11. The third-order valence-corrected chi connectivity index (χ3v) is 2.61. The maximum Gasteiger partial charge on any atom is 0.157 e. The van der Waals surface area contributed by atoms with Crippen molar-refractivity contribution in [2.45, 2.75) is 51.7 Å². The van der Waals surface area contributed by atoms with Gasteiger partial charge in [0.05, 0.1) is 6.61 Å². The summed E-state index contributed by atoms with van der Waals surface area (Å²) >= 11 is 0. The Hall–Kier alpha value is -0.0800. The van der Waals surface area contributed by atoms with Crippen LogP contribution in [-0.2, 0) is 4.74 Å². The quantitative estimate of drug-likeness (QED) is 0.645. The number of aliphatic hydroxyl groups excluding tert-OH is 1. The molecule has 1 N–H and O–H groups in total. The van der Waals surface area contributed by atoms with Crippen LogP contribution < -0.4 is 0 Å². The molecule has 2 heteroatoms. The Morgan fingerprint density at radius 3 is 2.75 bits per heavy atom. The highest BCUT2D eigenvalue weighted by Crippen LogP contribution is 2.24. The summed E-state index contributed by atoms with van der Waals surface area (Å²) < 4.78 is 5.08. The van der Waals surface area contributed by atoms with Gasteiger partial charge in [-0.05, 0) is 12.8 Å². The Morgan fingerprint density at radius 2 is 2.17 bits per heavy atom. The summed E-state index contributed by atoms with van der Waals surface area (Å²) in [5.41, 5.74) is 0. The molecule has 72 valence electrons. The Bertz CT molecular complexity index is 114. The molecular formula is C10H20O2. The van der Waals surface area contributed by atoms with Gasteiger partial charge in [-0.25, -0.2) is 0 Å². The summed E-state index contributed by atoms with van der Waals surface area (Å²) in [7, 11) is 0. The summed E-state index contributed by atoms with van der Waals surface area (Å²) in [6.07, 6.45) is 6.88. The largest absolute Gasteiger partial charge is 0.368 e. The summed E-state index contributed by atoms with van der Waals surface area (Å²) in [5.74, 6) is 0.418. The minimum Gasteiger partial charge on any atom is -0.368 e. The van der Waals surface area contributed by atoms with Crippen LogP contribution in [-0.4, -0.2) is 18.0 Å². The molecule has 0 amide bonds. The van der Waals surface area contributed by atoms with Crippen LogP contribution in [0.2, 0.25) is 0 Å². The van der Waals surface area contributed by atoms with Crippen molar-refractivity contribution < 1.29 is 9.84 Å². The summed E-state index contributed by atoms with van der Waals surface area (Å²) in [6.45, 7) is 2.97. The third-order valence-electron chi connectivity index (χ3n) is 2.61. The van der Waals surface area contributed by atoms with Gasteiger partial charge < -0.3 is 9.84 Å². The predicted molar refractivity (Wildman–Crippen MR) is 48.8 cm³/mol. The molecule has 1 heterocycles. The van der Waals surface area contributed by atoms with E-state index in [0.717, 1.165) is 19.4 Å². The molecule has 1 rings (SSSR count). The second-order valence-corrected chi connectivity index (χ2v) is 3.66. The highest BCUT2D eigenvalue weighted by molar-refractivity contribution is 4.67. The highest BCUT2D eigenvalue weighted by atomic mass is 16.6. The van der Waals surface area contributed by atoms with Crippen LogP contribution in [0.1, 0.15) is 45.4 Å². The molecule has 0 aromatic rings. The Kier molecular flexibility index (Phi) is 4.62. The molecule has 12 heavy (non-hydrogen) atoms. The van der Waals surface area contributed by atoms with Crippen LogP contribution in [0.5, 0.6) is 0 Å². The van der Waals surface area contributed by atoms with E-state index in [9.17, 15) is 5.11 Å². The lowest BCUT2D eigenvalue weighted by Gasteiger charge is -2.11. The number of hydrogen-bond acceptors (Lipinski definition) is 2. The lowest BCUT2D eigenvalue weighted by atomic mass is 9.99. The molecule has 0 aromatic carbocycles. The van der Waals surface area contributed by atoms with E-state index in [0.29, 0.717) is 5.92 Å². The number of hydrogen-bond donors (Lipinski definition) is 1. The van der Waals surface area contributed by atoms with Gasteiger partial charge in [-0.1, -0.05) is 32.6 Å². The second-order valence-electron chi connectivity index (χ2n) is 3.66. The molecule has 1 aliphatic heterocycles. The van der Waals surface area contributed by atoms with Crippen molar-refractivity contribution >= 4 is 0 Å². The van der Waals surface area contributed by atoms with Crippen LogP contribution in [0.4, 0.5) is 0 Å². The van der Waals surface area contributed by atoms with Crippen molar-refractivity contribution in [3.8, 4) is 0 Å². The van der Waals surface area contributed by atoms with Crippen molar-refractivity contribution in [2.24, 2.45) is 5.92 Å². The molecule has 0 aliphatic carbocycles. The van der Waals surface area contributed by atoms with Crippen molar-refractivity contribution in [1.82, 2.24) is 0 Å². The van der Waals surface area contributed by atoms with Crippen LogP contribution in [0.3, 0.4) is 0 Å². The maximum absolute atomic E-state index is 9.32. The van der Waals surface area contributed by atoms with Gasteiger partial charge in [0.2, 0.25) is 0 Å². The average molecular weight is 172 g/mol. The van der Waals surface area contributed by atoms with Gasteiger partial charge in [-0.3, -0.25) is 0 Å². The first-order chi connectivity index (χ1) is 5.84. The number of ether oxygens (including phenoxy) is 1. The first-order valence-corrected chi connectivity index (χ1v) is 5.14. The minimum absolute atomic E-state index is 0.418. The molecule has 0 bridgehead atoms. The topological polar surface area (TPSA) is 29.5 Å². The van der Waals surface area contributed by atoms with Crippen molar-refractivity contribution in [1.29, 1.82) is 0 Å². The van der Waals surface area contributed by atoms with Crippen molar-refractivity contribution in [3.05, 3.63) is 0 Å². The molecule has 0 saturated carbocycles. The molecule has 1 aliphatic rings. The Morgan fingerprint density at radius 1 is 1.33 bits per heavy atom. The molecular weight excluding hydrogens is 152 g/mol. The normalized spacial score (nSPS) is 29.5. The fourth-order valence-corrected chi connectivity index (χ4v) is 1.74. The molecule has 2 nitrogen and oxygen atoms in total. The SMILES string of the molecule is CCCCCCC1CCOC1O. The molecule has 0 spiro atoms. The molecule has 2 unspecified atom stereocenters. The zero-order chi connectivity index (χ0) is 8.81. The summed E-state index contributed by atoms with van der Waals surface area (Å²) in [6, 6.07) is 0. The summed E-state index contributed by atoms with van der Waals surface area (Å²) in [5, 5.41) is 9.32. The van der Waals surface area contributed by atoms with Crippen LogP contribution >= 0.6 is 0 Å². The van der Waals surface area contributed by atoms with E-state index in [1.807, 2.05) is 0 Å². The monoisotopic (exact) mass is 172 g/mol.